The molecule has 0 aliphatic carbocycles. The van der Waals surface area contributed by atoms with E-state index in [4.69, 9.17) is 21.2 Å². The molecule has 1 saturated heterocycles. The highest BCUT2D eigenvalue weighted by molar-refractivity contribution is 5.82. The normalized spacial score (nSPS) is 16.7. The Morgan fingerprint density at radius 2 is 2.09 bits per heavy atom. The summed E-state index contributed by atoms with van der Waals surface area (Å²) in [4.78, 5) is 26.4. The summed E-state index contributed by atoms with van der Waals surface area (Å²) in [7, 11) is 0. The Kier molecular flexibility index (Phi) is 8.04. The molecule has 1 amide bonds. The lowest BCUT2D eigenvalue weighted by molar-refractivity contribution is -0.133. The third kappa shape index (κ3) is 5.88. The van der Waals surface area contributed by atoms with Crippen molar-refractivity contribution in [3.05, 3.63) is 46.6 Å². The fourth-order valence-electron chi connectivity index (χ4n) is 4.26. The number of nitrogens with one attached hydrogen (secondary N) is 1. The molecule has 1 aromatic carbocycles. The molecule has 0 radical (unpaired) electrons. The molecule has 0 spiro atoms. The highest BCUT2D eigenvalue weighted by atomic mass is 16.5. The third-order valence-electron chi connectivity index (χ3n) is 6.09. The number of unbranched alkanes of at least 4 members (excludes halogenated alkanes) is 1. The van der Waals surface area contributed by atoms with Gasteiger partial charge in [-0.2, -0.15) is 10.1 Å². The zero-order valence-electron chi connectivity index (χ0n) is 19.7. The number of anilines is 2. The monoisotopic (exact) mass is 466 g/mol. The second-order valence-electron chi connectivity index (χ2n) is 8.76. The number of morpholine rings is 1. The number of ether oxygens (including phenoxy) is 1. The van der Waals surface area contributed by atoms with E-state index in [1.165, 1.54) is 5.56 Å². The number of carbonyl (C=O) groups excluding carboxylic acids is 1. The van der Waals surface area contributed by atoms with E-state index < -0.39 is 6.04 Å². The van der Waals surface area contributed by atoms with Gasteiger partial charge >= 0.3 is 0 Å². The summed E-state index contributed by atoms with van der Waals surface area (Å²) >= 11 is 0. The van der Waals surface area contributed by atoms with E-state index >= 15 is 0 Å². The van der Waals surface area contributed by atoms with Crippen molar-refractivity contribution in [1.82, 2.24) is 14.9 Å². The topological polar surface area (TPSA) is 135 Å². The summed E-state index contributed by atoms with van der Waals surface area (Å²) in [5, 5.41) is 4.33. The Morgan fingerprint density at radius 3 is 2.85 bits per heavy atom. The number of aryl methyl sites for hydroxylation is 1. The Bertz CT molecular complexity index is 1020. The lowest BCUT2D eigenvalue weighted by atomic mass is 10.1. The van der Waals surface area contributed by atoms with Crippen LogP contribution in [0.4, 0.5) is 11.8 Å². The first-order valence-electron chi connectivity index (χ1n) is 11.9. The molecule has 2 aromatic rings. The minimum atomic E-state index is -0.530. The zero-order chi connectivity index (χ0) is 23.9. The number of fused-ring (bicyclic) bond motifs is 1. The first kappa shape index (κ1) is 24.1. The number of hydrogen-bond donors (Lipinski definition) is 3. The van der Waals surface area contributed by atoms with Crippen molar-refractivity contribution in [1.29, 1.82) is 0 Å². The number of hydrazone groups is 1. The van der Waals surface area contributed by atoms with Crippen molar-refractivity contribution in [2.24, 2.45) is 16.6 Å². The van der Waals surface area contributed by atoms with Crippen molar-refractivity contribution in [3.63, 3.8) is 0 Å². The highest BCUT2D eigenvalue weighted by Crippen LogP contribution is 2.31. The van der Waals surface area contributed by atoms with Crippen molar-refractivity contribution >= 4 is 23.9 Å². The SMILES string of the molecule is Cc1cccc(/C=N/Nc2nc3c(c(N4CCOCC4)n2)CN(C(=O)[C@@H](N)CCCCN)C3)c1. The van der Waals surface area contributed by atoms with Gasteiger partial charge in [0.15, 0.2) is 0 Å². The van der Waals surface area contributed by atoms with Gasteiger partial charge in [0, 0.05) is 18.7 Å². The van der Waals surface area contributed by atoms with Crippen molar-refractivity contribution in [2.75, 3.05) is 43.2 Å². The molecule has 10 heteroatoms. The molecule has 0 saturated carbocycles. The molecule has 34 heavy (non-hydrogen) atoms. The fraction of sp³-hybridized carbons (Fsp3) is 0.500. The van der Waals surface area contributed by atoms with E-state index in [0.29, 0.717) is 45.2 Å². The predicted molar refractivity (Wildman–Crippen MR) is 133 cm³/mol. The lowest BCUT2D eigenvalue weighted by Crippen LogP contribution is -2.41. The summed E-state index contributed by atoms with van der Waals surface area (Å²) in [5.74, 6) is 1.18. The summed E-state index contributed by atoms with van der Waals surface area (Å²) in [5.41, 5.74) is 18.7. The summed E-state index contributed by atoms with van der Waals surface area (Å²) in [6, 6.07) is 7.54. The molecule has 4 rings (SSSR count). The molecule has 1 aromatic heterocycles. The molecule has 0 bridgehead atoms. The second kappa shape index (κ2) is 11.4. The minimum Gasteiger partial charge on any atom is -0.378 e. The number of hydrogen-bond acceptors (Lipinski definition) is 9. The van der Waals surface area contributed by atoms with Gasteiger partial charge in [0.05, 0.1) is 44.3 Å². The molecule has 3 heterocycles. The molecule has 2 aliphatic heterocycles. The molecule has 182 valence electrons. The van der Waals surface area contributed by atoms with Gasteiger partial charge in [-0.15, -0.1) is 0 Å². The van der Waals surface area contributed by atoms with Gasteiger partial charge in [0.2, 0.25) is 11.9 Å². The number of benzene rings is 1. The van der Waals surface area contributed by atoms with E-state index in [1.807, 2.05) is 31.2 Å². The zero-order valence-corrected chi connectivity index (χ0v) is 19.7. The predicted octanol–water partition coefficient (Wildman–Crippen LogP) is 1.37. The van der Waals surface area contributed by atoms with Crippen LogP contribution in [-0.2, 0) is 22.6 Å². The van der Waals surface area contributed by atoms with Crippen molar-refractivity contribution in [3.8, 4) is 0 Å². The summed E-state index contributed by atoms with van der Waals surface area (Å²) in [6.45, 7) is 6.28. The van der Waals surface area contributed by atoms with Crippen LogP contribution in [0.5, 0.6) is 0 Å². The number of nitrogens with zero attached hydrogens (tertiary/aromatic N) is 5. The highest BCUT2D eigenvalue weighted by Gasteiger charge is 2.32. The van der Waals surface area contributed by atoms with Gasteiger partial charge in [-0.1, -0.05) is 36.2 Å². The van der Waals surface area contributed by atoms with Crippen LogP contribution < -0.4 is 21.8 Å². The molecule has 5 N–H and O–H groups in total. The van der Waals surface area contributed by atoms with Crippen molar-refractivity contribution in [2.45, 2.75) is 45.3 Å². The van der Waals surface area contributed by atoms with Gasteiger partial charge in [-0.05, 0) is 31.9 Å². The molecule has 1 atom stereocenters. The summed E-state index contributed by atoms with van der Waals surface area (Å²) in [6.07, 6.45) is 4.08. The minimum absolute atomic E-state index is 0.0603. The Labute approximate surface area is 200 Å². The molecule has 0 unspecified atom stereocenters. The number of rotatable bonds is 9. The van der Waals surface area contributed by atoms with Crippen LogP contribution in [0.15, 0.2) is 29.4 Å². The first-order valence-corrected chi connectivity index (χ1v) is 11.9. The average molecular weight is 467 g/mol. The van der Waals surface area contributed by atoms with E-state index in [-0.39, 0.29) is 5.91 Å². The van der Waals surface area contributed by atoms with Crippen LogP contribution in [-0.4, -0.2) is 65.9 Å². The number of aromatic nitrogens is 2. The van der Waals surface area contributed by atoms with E-state index in [9.17, 15) is 4.79 Å². The van der Waals surface area contributed by atoms with Crippen LogP contribution >= 0.6 is 0 Å². The van der Waals surface area contributed by atoms with E-state index in [0.717, 1.165) is 48.6 Å². The summed E-state index contributed by atoms with van der Waals surface area (Å²) < 4.78 is 5.52. The molecule has 1 fully saturated rings. The van der Waals surface area contributed by atoms with Gasteiger partial charge < -0.3 is 26.0 Å². The molecule has 2 aliphatic rings. The Hall–Kier alpha value is -3.08. The maximum atomic E-state index is 13.0. The first-order chi connectivity index (χ1) is 16.5. The van der Waals surface area contributed by atoms with Gasteiger partial charge in [0.25, 0.3) is 0 Å². The Morgan fingerprint density at radius 1 is 1.26 bits per heavy atom. The van der Waals surface area contributed by atoms with E-state index in [1.54, 1.807) is 11.1 Å². The molecule has 10 nitrogen and oxygen atoms in total. The molecular formula is C24H34N8O2. The lowest BCUT2D eigenvalue weighted by Gasteiger charge is -2.29. The van der Waals surface area contributed by atoms with Crippen LogP contribution in [0.3, 0.4) is 0 Å². The van der Waals surface area contributed by atoms with Crippen LogP contribution in [0, 0.1) is 6.92 Å². The van der Waals surface area contributed by atoms with Crippen LogP contribution in [0.2, 0.25) is 0 Å². The van der Waals surface area contributed by atoms with Crippen LogP contribution in [0.25, 0.3) is 0 Å². The van der Waals surface area contributed by atoms with Gasteiger partial charge in [0.1, 0.15) is 5.82 Å². The van der Waals surface area contributed by atoms with Gasteiger partial charge in [-0.25, -0.2) is 10.4 Å². The Balaban J connectivity index is 1.52. The van der Waals surface area contributed by atoms with Crippen LogP contribution in [0.1, 0.15) is 41.6 Å². The van der Waals surface area contributed by atoms with E-state index in [2.05, 4.69) is 20.4 Å². The van der Waals surface area contributed by atoms with Gasteiger partial charge in [-0.3, -0.25) is 4.79 Å². The number of nitrogens with two attached hydrogens (primary N) is 2. The second-order valence-corrected chi connectivity index (χ2v) is 8.76. The quantitative estimate of drug-likeness (QED) is 0.286. The number of carbonyl (C=O) groups is 1. The standard InChI is InChI=1S/C24H34N8O2/c1-17-5-4-6-18(13-17)14-27-30-24-28-21-16-32(23(33)20(26)7-2-3-8-25)15-19(21)22(29-24)31-9-11-34-12-10-31/h4-6,13-14,20H,2-3,7-12,15-16,25-26H2,1H3,(H,28,29,30)/b27-14+/t20-/m0/s1. The smallest absolute Gasteiger partial charge is 0.245 e. The third-order valence-corrected chi connectivity index (χ3v) is 6.09. The molecular weight excluding hydrogens is 432 g/mol. The maximum Gasteiger partial charge on any atom is 0.245 e. The fourth-order valence-corrected chi connectivity index (χ4v) is 4.26. The largest absolute Gasteiger partial charge is 0.378 e. The number of amides is 1. The van der Waals surface area contributed by atoms with Crippen molar-refractivity contribution < 1.29 is 9.53 Å². The average Bonchev–Trinajstić information content (AvgIpc) is 3.28. The maximum absolute atomic E-state index is 13.0.